The van der Waals surface area contributed by atoms with E-state index in [1.165, 1.54) is 0 Å². The quantitative estimate of drug-likeness (QED) is 0.841. The zero-order valence-corrected chi connectivity index (χ0v) is 14.3. The summed E-state index contributed by atoms with van der Waals surface area (Å²) in [6, 6.07) is 17.8. The molecule has 0 spiro atoms. The summed E-state index contributed by atoms with van der Waals surface area (Å²) in [7, 11) is 1.64. The van der Waals surface area contributed by atoms with Crippen LogP contribution in [0.4, 0.5) is 0 Å². The largest absolute Gasteiger partial charge is 0.497 e. The Balaban J connectivity index is 1.95. The second kappa shape index (κ2) is 5.78. The van der Waals surface area contributed by atoms with E-state index in [2.05, 4.69) is 4.90 Å². The molecule has 0 radical (unpaired) electrons. The van der Waals surface area contributed by atoms with Crippen molar-refractivity contribution in [3.05, 3.63) is 90.2 Å². The molecule has 4 rings (SSSR count). The lowest BCUT2D eigenvalue weighted by Gasteiger charge is -2.34. The number of hydrogen-bond acceptors (Lipinski definition) is 3. The molecule has 0 fully saturated rings. The highest BCUT2D eigenvalue weighted by molar-refractivity contribution is 6.35. The van der Waals surface area contributed by atoms with E-state index in [0.29, 0.717) is 0 Å². The van der Waals surface area contributed by atoms with Crippen LogP contribution < -0.4 is 4.74 Å². The van der Waals surface area contributed by atoms with E-state index < -0.39 is 5.54 Å². The fourth-order valence-electron chi connectivity index (χ4n) is 3.49. The first-order chi connectivity index (χ1) is 12.1. The molecule has 1 atom stereocenters. The molecule has 1 unspecified atom stereocenters. The van der Waals surface area contributed by atoms with Crippen LogP contribution >= 0.6 is 0 Å². The molecule has 2 aliphatic heterocycles. The van der Waals surface area contributed by atoms with Gasteiger partial charge in [-0.15, -0.1) is 0 Å². The number of allylic oxidation sites excluding steroid dienone is 2. The monoisotopic (exact) mass is 329 g/mol. The third-order valence-corrected chi connectivity index (χ3v) is 4.86. The highest BCUT2D eigenvalue weighted by Gasteiger charge is 2.48. The second-order valence-corrected chi connectivity index (χ2v) is 6.37. The van der Waals surface area contributed by atoms with Crippen molar-refractivity contribution in [1.29, 1.82) is 0 Å². The maximum Gasteiger partial charge on any atom is 0.195 e. The topological polar surface area (TPSA) is 29.5 Å². The normalized spacial score (nSPS) is 21.7. The van der Waals surface area contributed by atoms with Crippen LogP contribution in [0.15, 0.2) is 79.0 Å². The molecular weight excluding hydrogens is 310 g/mol. The van der Waals surface area contributed by atoms with E-state index in [4.69, 9.17) is 4.74 Å². The molecule has 3 heteroatoms. The van der Waals surface area contributed by atoms with Gasteiger partial charge in [-0.05, 0) is 36.3 Å². The van der Waals surface area contributed by atoms with Crippen LogP contribution in [-0.4, -0.2) is 23.3 Å². The van der Waals surface area contributed by atoms with Gasteiger partial charge in [-0.1, -0.05) is 54.6 Å². The van der Waals surface area contributed by atoms with Gasteiger partial charge in [0.05, 0.1) is 18.4 Å². The molecule has 2 aliphatic rings. The molecule has 0 saturated carbocycles. The predicted molar refractivity (Wildman–Crippen MR) is 99.8 cm³/mol. The number of hydrogen-bond donors (Lipinski definition) is 0. The van der Waals surface area contributed by atoms with Crippen LogP contribution in [0.2, 0.25) is 0 Å². The molecule has 0 amide bonds. The van der Waals surface area contributed by atoms with Crippen molar-refractivity contribution in [1.82, 2.24) is 4.90 Å². The van der Waals surface area contributed by atoms with Crippen LogP contribution in [0.1, 0.15) is 18.1 Å². The summed E-state index contributed by atoms with van der Waals surface area (Å²) in [6.07, 6.45) is 7.86. The van der Waals surface area contributed by atoms with Crippen molar-refractivity contribution >= 4 is 17.1 Å². The van der Waals surface area contributed by atoms with Crippen LogP contribution in [0, 0.1) is 0 Å². The first kappa shape index (κ1) is 15.5. The van der Waals surface area contributed by atoms with E-state index >= 15 is 0 Å². The van der Waals surface area contributed by atoms with Gasteiger partial charge in [-0.3, -0.25) is 4.79 Å². The Hall–Kier alpha value is -3.07. The van der Waals surface area contributed by atoms with Crippen molar-refractivity contribution in [3.63, 3.8) is 0 Å². The molecule has 0 N–H and O–H groups in total. The lowest BCUT2D eigenvalue weighted by Crippen LogP contribution is -2.43. The summed E-state index contributed by atoms with van der Waals surface area (Å²) in [4.78, 5) is 15.5. The van der Waals surface area contributed by atoms with Gasteiger partial charge in [-0.25, -0.2) is 0 Å². The first-order valence-corrected chi connectivity index (χ1v) is 8.29. The van der Waals surface area contributed by atoms with E-state index in [1.54, 1.807) is 7.11 Å². The molecule has 0 bridgehead atoms. The van der Waals surface area contributed by atoms with Crippen molar-refractivity contribution in [2.75, 3.05) is 7.11 Å². The molecule has 2 aromatic carbocycles. The van der Waals surface area contributed by atoms with Crippen LogP contribution in [0.25, 0.3) is 11.3 Å². The highest BCUT2D eigenvalue weighted by Crippen LogP contribution is 2.46. The Bertz CT molecular complexity index is 907. The minimum Gasteiger partial charge on any atom is -0.497 e. The molecular formula is C22H19NO2. The van der Waals surface area contributed by atoms with Gasteiger partial charge in [-0.2, -0.15) is 0 Å². The number of ketones is 1. The van der Waals surface area contributed by atoms with E-state index in [1.807, 2.05) is 85.9 Å². The number of Topliss-reactive ketones (excluding diaryl/α,β-unsaturated/α-hetero) is 1. The summed E-state index contributed by atoms with van der Waals surface area (Å²) >= 11 is 0. The van der Waals surface area contributed by atoms with E-state index in [0.717, 1.165) is 28.1 Å². The van der Waals surface area contributed by atoms with Gasteiger partial charge in [0.15, 0.2) is 5.78 Å². The predicted octanol–water partition coefficient (Wildman–Crippen LogP) is 4.29. The van der Waals surface area contributed by atoms with Crippen LogP contribution in [0.5, 0.6) is 5.75 Å². The third kappa shape index (κ3) is 2.31. The minimum atomic E-state index is -0.685. The van der Waals surface area contributed by atoms with Gasteiger partial charge < -0.3 is 9.64 Å². The molecule has 3 nitrogen and oxygen atoms in total. The average molecular weight is 329 g/mol. The standard InChI is InChI=1S/C22H19NO2/c1-22-14-6-7-15-23(22)20(17-8-4-3-5-9-17)19(21(22)24)16-10-12-18(25-2)13-11-16/h3-15H,1-2H3. The minimum absolute atomic E-state index is 0.108. The van der Waals surface area contributed by atoms with Crippen LogP contribution in [-0.2, 0) is 4.79 Å². The zero-order chi connectivity index (χ0) is 17.4. The van der Waals surface area contributed by atoms with Crippen molar-refractivity contribution in [2.45, 2.75) is 12.5 Å². The van der Waals surface area contributed by atoms with Gasteiger partial charge in [0, 0.05) is 6.20 Å². The zero-order valence-electron chi connectivity index (χ0n) is 14.3. The maximum absolute atomic E-state index is 13.4. The Labute approximate surface area is 147 Å². The third-order valence-electron chi connectivity index (χ3n) is 4.86. The molecule has 0 aliphatic carbocycles. The molecule has 2 heterocycles. The first-order valence-electron chi connectivity index (χ1n) is 8.29. The summed E-state index contributed by atoms with van der Waals surface area (Å²) < 4.78 is 5.25. The lowest BCUT2D eigenvalue weighted by molar-refractivity contribution is -0.118. The number of carbonyl (C=O) groups excluding carboxylic acids is 1. The molecule has 25 heavy (non-hydrogen) atoms. The second-order valence-electron chi connectivity index (χ2n) is 6.37. The van der Waals surface area contributed by atoms with Crippen molar-refractivity contribution in [2.24, 2.45) is 0 Å². The Morgan fingerprint density at radius 1 is 0.920 bits per heavy atom. The van der Waals surface area contributed by atoms with Gasteiger partial charge in [0.1, 0.15) is 11.3 Å². The van der Waals surface area contributed by atoms with Crippen LogP contribution in [0.3, 0.4) is 0 Å². The number of ether oxygens (including phenoxy) is 1. The molecule has 0 aromatic heterocycles. The highest BCUT2D eigenvalue weighted by atomic mass is 16.5. The smallest absolute Gasteiger partial charge is 0.195 e. The van der Waals surface area contributed by atoms with Gasteiger partial charge >= 0.3 is 0 Å². The number of benzene rings is 2. The molecule has 124 valence electrons. The summed E-state index contributed by atoms with van der Waals surface area (Å²) in [5.74, 6) is 0.886. The number of carbonyl (C=O) groups is 1. The maximum atomic E-state index is 13.4. The number of rotatable bonds is 3. The number of nitrogens with zero attached hydrogens (tertiary/aromatic N) is 1. The number of methoxy groups -OCH3 is 1. The average Bonchev–Trinajstić information content (AvgIpc) is 2.90. The number of fused-ring (bicyclic) bond motifs is 1. The molecule has 0 saturated heterocycles. The summed E-state index contributed by atoms with van der Waals surface area (Å²) in [5, 5.41) is 0. The fraction of sp³-hybridized carbons (Fsp3) is 0.136. The Morgan fingerprint density at radius 3 is 2.32 bits per heavy atom. The molecule has 2 aromatic rings. The van der Waals surface area contributed by atoms with Gasteiger partial charge in [0.2, 0.25) is 0 Å². The van der Waals surface area contributed by atoms with Crippen molar-refractivity contribution in [3.8, 4) is 5.75 Å². The Morgan fingerprint density at radius 2 is 1.64 bits per heavy atom. The SMILES string of the molecule is COc1ccc(C2=C(c3ccccc3)N3C=CC=CC3(C)C2=O)cc1. The Kier molecular flexibility index (Phi) is 3.57. The van der Waals surface area contributed by atoms with Gasteiger partial charge in [0.25, 0.3) is 0 Å². The van der Waals surface area contributed by atoms with Crippen molar-refractivity contribution < 1.29 is 9.53 Å². The fourth-order valence-corrected chi connectivity index (χ4v) is 3.49. The summed E-state index contributed by atoms with van der Waals surface area (Å²) in [6.45, 7) is 1.97. The van der Waals surface area contributed by atoms with E-state index in [9.17, 15) is 4.79 Å². The van der Waals surface area contributed by atoms with E-state index in [-0.39, 0.29) is 5.78 Å². The lowest BCUT2D eigenvalue weighted by atomic mass is 9.89. The summed E-state index contributed by atoms with van der Waals surface area (Å²) in [5.41, 5.74) is 2.94.